The van der Waals surface area contributed by atoms with Crippen LogP contribution in [0.25, 0.3) is 0 Å². The standard InChI is InChI=1S/C21H27N5O/c1-15(21-16(2)23-24-17(21)3)12-20(27)25(4)14-19-22-10-11-26(19)13-18-8-6-5-7-9-18/h5-11,15H,12-14H2,1-4H3,(H,23,24)/t15-/m0/s1. The van der Waals surface area contributed by atoms with Gasteiger partial charge in [0.2, 0.25) is 5.91 Å². The van der Waals surface area contributed by atoms with E-state index < -0.39 is 0 Å². The SMILES string of the molecule is Cc1n[nH]c(C)c1[C@@H](C)CC(=O)N(C)Cc1nccn1Cc1ccccc1. The molecule has 3 aromatic rings. The number of H-pyrrole nitrogens is 1. The first-order valence-corrected chi connectivity index (χ1v) is 9.25. The Bertz CT molecular complexity index is 877. The molecule has 0 fully saturated rings. The van der Waals surface area contributed by atoms with Gasteiger partial charge in [0.25, 0.3) is 0 Å². The fourth-order valence-electron chi connectivity index (χ4n) is 3.52. The number of carbonyl (C=O) groups excluding carboxylic acids is 1. The summed E-state index contributed by atoms with van der Waals surface area (Å²) in [5, 5.41) is 7.24. The molecule has 3 rings (SSSR count). The second-order valence-electron chi connectivity index (χ2n) is 7.16. The van der Waals surface area contributed by atoms with E-state index in [9.17, 15) is 4.79 Å². The van der Waals surface area contributed by atoms with Crippen LogP contribution >= 0.6 is 0 Å². The summed E-state index contributed by atoms with van der Waals surface area (Å²) in [6.45, 7) is 7.30. The summed E-state index contributed by atoms with van der Waals surface area (Å²) in [5.74, 6) is 1.12. The third-order valence-electron chi connectivity index (χ3n) is 4.96. The van der Waals surface area contributed by atoms with Crippen LogP contribution < -0.4 is 0 Å². The van der Waals surface area contributed by atoms with E-state index in [0.717, 1.165) is 29.3 Å². The Labute approximate surface area is 160 Å². The predicted molar refractivity (Wildman–Crippen MR) is 105 cm³/mol. The summed E-state index contributed by atoms with van der Waals surface area (Å²) < 4.78 is 2.09. The molecule has 2 aromatic heterocycles. The van der Waals surface area contributed by atoms with Crippen LogP contribution in [-0.2, 0) is 17.9 Å². The zero-order chi connectivity index (χ0) is 19.4. The van der Waals surface area contributed by atoms with Crippen molar-refractivity contribution in [2.75, 3.05) is 7.05 Å². The van der Waals surface area contributed by atoms with E-state index in [4.69, 9.17) is 0 Å². The lowest BCUT2D eigenvalue weighted by Gasteiger charge is -2.20. The summed E-state index contributed by atoms with van der Waals surface area (Å²) >= 11 is 0. The van der Waals surface area contributed by atoms with Crippen molar-refractivity contribution in [1.29, 1.82) is 0 Å². The molecule has 0 saturated heterocycles. The average Bonchev–Trinajstić information content (AvgIpc) is 3.21. The molecule has 1 amide bonds. The molecule has 1 atom stereocenters. The van der Waals surface area contributed by atoms with Crippen LogP contribution in [0.15, 0.2) is 42.7 Å². The minimum atomic E-state index is 0.108. The van der Waals surface area contributed by atoms with E-state index in [2.05, 4.69) is 38.8 Å². The lowest BCUT2D eigenvalue weighted by Crippen LogP contribution is -2.28. The largest absolute Gasteiger partial charge is 0.338 e. The van der Waals surface area contributed by atoms with Gasteiger partial charge >= 0.3 is 0 Å². The van der Waals surface area contributed by atoms with E-state index in [1.54, 1.807) is 11.1 Å². The number of aromatic nitrogens is 4. The lowest BCUT2D eigenvalue weighted by molar-refractivity contribution is -0.130. The van der Waals surface area contributed by atoms with Gasteiger partial charge in [-0.3, -0.25) is 9.89 Å². The molecule has 0 radical (unpaired) electrons. The molecule has 0 bridgehead atoms. The summed E-state index contributed by atoms with van der Waals surface area (Å²) in [7, 11) is 1.84. The number of amides is 1. The normalized spacial score (nSPS) is 12.1. The third-order valence-corrected chi connectivity index (χ3v) is 4.96. The second-order valence-corrected chi connectivity index (χ2v) is 7.16. The molecule has 142 valence electrons. The van der Waals surface area contributed by atoms with Crippen molar-refractivity contribution in [3.8, 4) is 0 Å². The molecular weight excluding hydrogens is 338 g/mol. The van der Waals surface area contributed by atoms with Gasteiger partial charge in [0, 0.05) is 38.1 Å². The smallest absolute Gasteiger partial charge is 0.223 e. The van der Waals surface area contributed by atoms with Crippen molar-refractivity contribution in [2.24, 2.45) is 0 Å². The summed E-state index contributed by atoms with van der Waals surface area (Å²) in [6, 6.07) is 10.3. The molecule has 6 nitrogen and oxygen atoms in total. The number of hydrogen-bond acceptors (Lipinski definition) is 3. The first kappa shape index (κ1) is 18.9. The number of hydrogen-bond donors (Lipinski definition) is 1. The number of rotatable bonds is 7. The summed E-state index contributed by atoms with van der Waals surface area (Å²) in [6.07, 6.45) is 4.20. The van der Waals surface area contributed by atoms with Gasteiger partial charge < -0.3 is 9.47 Å². The molecule has 1 N–H and O–H groups in total. The number of aromatic amines is 1. The number of aryl methyl sites for hydroxylation is 2. The number of nitrogens with zero attached hydrogens (tertiary/aromatic N) is 4. The molecule has 0 spiro atoms. The maximum atomic E-state index is 12.7. The van der Waals surface area contributed by atoms with Crippen molar-refractivity contribution in [3.63, 3.8) is 0 Å². The maximum Gasteiger partial charge on any atom is 0.223 e. The van der Waals surface area contributed by atoms with Gasteiger partial charge in [0.15, 0.2) is 0 Å². The number of benzene rings is 1. The molecule has 2 heterocycles. The van der Waals surface area contributed by atoms with E-state index in [1.807, 2.05) is 45.3 Å². The van der Waals surface area contributed by atoms with Gasteiger partial charge in [-0.1, -0.05) is 37.3 Å². The molecule has 0 aliphatic heterocycles. The molecule has 0 unspecified atom stereocenters. The molecule has 0 aliphatic carbocycles. The van der Waals surface area contributed by atoms with Crippen LogP contribution in [0.5, 0.6) is 0 Å². The Kier molecular flexibility index (Phi) is 5.74. The van der Waals surface area contributed by atoms with Crippen LogP contribution in [0.1, 0.15) is 47.6 Å². The topological polar surface area (TPSA) is 66.8 Å². The first-order valence-electron chi connectivity index (χ1n) is 9.25. The van der Waals surface area contributed by atoms with Gasteiger partial charge in [0.05, 0.1) is 12.2 Å². The van der Waals surface area contributed by atoms with E-state index in [0.29, 0.717) is 13.0 Å². The van der Waals surface area contributed by atoms with Gasteiger partial charge in [-0.2, -0.15) is 5.10 Å². The van der Waals surface area contributed by atoms with Crippen molar-refractivity contribution in [1.82, 2.24) is 24.6 Å². The van der Waals surface area contributed by atoms with E-state index in [-0.39, 0.29) is 11.8 Å². The van der Waals surface area contributed by atoms with Crippen LogP contribution in [0.3, 0.4) is 0 Å². The van der Waals surface area contributed by atoms with Gasteiger partial charge in [-0.05, 0) is 30.9 Å². The Morgan fingerprint density at radius 1 is 1.26 bits per heavy atom. The van der Waals surface area contributed by atoms with Crippen molar-refractivity contribution < 1.29 is 4.79 Å². The highest BCUT2D eigenvalue weighted by Crippen LogP contribution is 2.25. The summed E-state index contributed by atoms with van der Waals surface area (Å²) in [4.78, 5) is 18.9. The lowest BCUT2D eigenvalue weighted by atomic mass is 9.95. The number of imidazole rings is 1. The van der Waals surface area contributed by atoms with Crippen LogP contribution in [0.2, 0.25) is 0 Å². The number of nitrogens with one attached hydrogen (secondary N) is 1. The fourth-order valence-corrected chi connectivity index (χ4v) is 3.52. The Morgan fingerprint density at radius 2 is 2.00 bits per heavy atom. The van der Waals surface area contributed by atoms with Crippen LogP contribution in [0.4, 0.5) is 0 Å². The highest BCUT2D eigenvalue weighted by molar-refractivity contribution is 5.76. The molecule has 6 heteroatoms. The van der Waals surface area contributed by atoms with Gasteiger partial charge in [-0.25, -0.2) is 4.98 Å². The Morgan fingerprint density at radius 3 is 2.67 bits per heavy atom. The van der Waals surface area contributed by atoms with E-state index >= 15 is 0 Å². The Balaban J connectivity index is 1.63. The van der Waals surface area contributed by atoms with Crippen LogP contribution in [0, 0.1) is 13.8 Å². The average molecular weight is 365 g/mol. The third kappa shape index (κ3) is 4.45. The number of carbonyl (C=O) groups is 1. The predicted octanol–water partition coefficient (Wildman–Crippen LogP) is 3.42. The minimum Gasteiger partial charge on any atom is -0.338 e. The van der Waals surface area contributed by atoms with Crippen molar-refractivity contribution >= 4 is 5.91 Å². The van der Waals surface area contributed by atoms with E-state index in [1.165, 1.54) is 5.56 Å². The summed E-state index contributed by atoms with van der Waals surface area (Å²) in [5.41, 5.74) is 4.36. The Hall–Kier alpha value is -2.89. The highest BCUT2D eigenvalue weighted by atomic mass is 16.2. The zero-order valence-electron chi connectivity index (χ0n) is 16.4. The first-order chi connectivity index (χ1) is 13.0. The quantitative estimate of drug-likeness (QED) is 0.698. The molecule has 0 saturated carbocycles. The fraction of sp³-hybridized carbons (Fsp3) is 0.381. The molecule has 1 aromatic carbocycles. The van der Waals surface area contributed by atoms with Crippen molar-refractivity contribution in [3.05, 3.63) is 71.1 Å². The molecule has 0 aliphatic rings. The molecular formula is C21H27N5O. The van der Waals surface area contributed by atoms with Crippen molar-refractivity contribution in [2.45, 2.75) is 46.2 Å². The minimum absolute atomic E-state index is 0.108. The monoisotopic (exact) mass is 365 g/mol. The van der Waals surface area contributed by atoms with Gasteiger partial charge in [0.1, 0.15) is 5.82 Å². The molecule has 27 heavy (non-hydrogen) atoms. The van der Waals surface area contributed by atoms with Crippen LogP contribution in [-0.4, -0.2) is 37.6 Å². The highest BCUT2D eigenvalue weighted by Gasteiger charge is 2.20. The maximum absolute atomic E-state index is 12.7. The van der Waals surface area contributed by atoms with Gasteiger partial charge in [-0.15, -0.1) is 0 Å². The zero-order valence-corrected chi connectivity index (χ0v) is 16.4. The second kappa shape index (κ2) is 8.20.